The van der Waals surface area contributed by atoms with E-state index in [1.807, 2.05) is 19.0 Å². The first-order valence-electron chi connectivity index (χ1n) is 9.37. The van der Waals surface area contributed by atoms with Gasteiger partial charge in [0.2, 0.25) is 10.9 Å². The van der Waals surface area contributed by atoms with Crippen LogP contribution in [0.1, 0.15) is 48.3 Å². The topological polar surface area (TPSA) is 49.4 Å². The minimum atomic E-state index is -5.01. The summed E-state index contributed by atoms with van der Waals surface area (Å²) in [6.45, 7) is 0. The van der Waals surface area contributed by atoms with Crippen molar-refractivity contribution in [3.8, 4) is 0 Å². The maximum absolute atomic E-state index is 13.1. The van der Waals surface area contributed by atoms with E-state index < -0.39 is 40.0 Å². The number of benzene rings is 1. The predicted molar refractivity (Wildman–Crippen MR) is 99.8 cm³/mol. The van der Waals surface area contributed by atoms with Gasteiger partial charge in [-0.2, -0.15) is 26.3 Å². The zero-order valence-corrected chi connectivity index (χ0v) is 16.2. The van der Waals surface area contributed by atoms with Crippen molar-refractivity contribution in [3.63, 3.8) is 0 Å². The van der Waals surface area contributed by atoms with E-state index in [-0.39, 0.29) is 29.3 Å². The van der Waals surface area contributed by atoms with Gasteiger partial charge in [0.1, 0.15) is 0 Å². The second-order valence-corrected chi connectivity index (χ2v) is 7.79. The van der Waals surface area contributed by atoms with E-state index >= 15 is 0 Å². The number of hydrogen-bond acceptors (Lipinski definition) is 4. The summed E-state index contributed by atoms with van der Waals surface area (Å²) >= 11 is 0. The molecule has 0 saturated heterocycles. The summed E-state index contributed by atoms with van der Waals surface area (Å²) in [5.74, 6) is -0.311. The molecule has 3 rings (SSSR count). The summed E-state index contributed by atoms with van der Waals surface area (Å²) < 4.78 is 78.5. The lowest BCUT2D eigenvalue weighted by atomic mass is 9.77. The molecule has 0 amide bonds. The van der Waals surface area contributed by atoms with E-state index in [9.17, 15) is 35.9 Å². The molecule has 10 heteroatoms. The number of hydrogen-bond donors (Lipinski definition) is 1. The molecule has 0 radical (unpaired) electrons. The number of nitrogens with zero attached hydrogens (tertiary/aromatic N) is 1. The largest absolute Gasteiger partial charge is 0.416 e. The Kier molecular flexibility index (Phi) is 5.74. The molecular formula is C20H20F6N2O2. The molecule has 4 nitrogen and oxygen atoms in total. The fourth-order valence-electron chi connectivity index (χ4n) is 4.12. The van der Waals surface area contributed by atoms with Crippen LogP contribution in [0.15, 0.2) is 27.8 Å². The van der Waals surface area contributed by atoms with Crippen LogP contribution in [0.2, 0.25) is 0 Å². The monoisotopic (exact) mass is 434 g/mol. The number of rotatable bonds is 4. The number of halogens is 6. The van der Waals surface area contributed by atoms with Gasteiger partial charge >= 0.3 is 12.4 Å². The van der Waals surface area contributed by atoms with Crippen LogP contribution in [0, 0.1) is 0 Å². The quantitative estimate of drug-likeness (QED) is 0.562. The smallest absolute Gasteiger partial charge is 0.352 e. The van der Waals surface area contributed by atoms with E-state index in [2.05, 4.69) is 5.32 Å². The molecule has 2 atom stereocenters. The van der Waals surface area contributed by atoms with Crippen LogP contribution in [0.4, 0.5) is 37.7 Å². The molecule has 0 unspecified atom stereocenters. The lowest BCUT2D eigenvalue weighted by molar-refractivity contribution is -0.143. The van der Waals surface area contributed by atoms with Gasteiger partial charge in [0.05, 0.1) is 16.8 Å². The highest BCUT2D eigenvalue weighted by molar-refractivity contribution is 5.68. The van der Waals surface area contributed by atoms with E-state index in [0.29, 0.717) is 18.6 Å². The molecule has 30 heavy (non-hydrogen) atoms. The van der Waals surface area contributed by atoms with Crippen molar-refractivity contribution in [1.82, 2.24) is 4.90 Å². The van der Waals surface area contributed by atoms with E-state index in [0.717, 1.165) is 19.3 Å². The van der Waals surface area contributed by atoms with Gasteiger partial charge in [-0.3, -0.25) is 9.59 Å². The van der Waals surface area contributed by atoms with Crippen molar-refractivity contribution in [3.05, 3.63) is 55.3 Å². The summed E-state index contributed by atoms with van der Waals surface area (Å²) in [6, 6.07) is 0.965. The summed E-state index contributed by atoms with van der Waals surface area (Å²) in [5.41, 5.74) is -5.26. The van der Waals surface area contributed by atoms with Crippen molar-refractivity contribution < 1.29 is 26.3 Å². The maximum atomic E-state index is 13.1. The summed E-state index contributed by atoms with van der Waals surface area (Å²) in [7, 11) is 3.65. The van der Waals surface area contributed by atoms with Crippen LogP contribution < -0.4 is 16.2 Å². The van der Waals surface area contributed by atoms with Crippen molar-refractivity contribution >= 4 is 11.4 Å². The number of anilines is 2. The summed E-state index contributed by atoms with van der Waals surface area (Å²) in [6.07, 6.45) is -6.88. The van der Waals surface area contributed by atoms with Gasteiger partial charge < -0.3 is 10.2 Å². The third-order valence-corrected chi connectivity index (χ3v) is 5.57. The molecule has 2 aromatic rings. The Morgan fingerprint density at radius 1 is 0.867 bits per heavy atom. The van der Waals surface area contributed by atoms with Gasteiger partial charge in [0, 0.05) is 23.2 Å². The first-order chi connectivity index (χ1) is 13.8. The summed E-state index contributed by atoms with van der Waals surface area (Å²) in [5, 5.41) is 2.38. The molecule has 1 aliphatic rings. The van der Waals surface area contributed by atoms with Gasteiger partial charge in [0.25, 0.3) is 0 Å². The Bertz CT molecular complexity index is 970. The Hall–Kier alpha value is -2.36. The van der Waals surface area contributed by atoms with Gasteiger partial charge in [-0.1, -0.05) is 12.8 Å². The van der Waals surface area contributed by atoms with E-state index in [1.165, 1.54) is 0 Å². The normalized spacial score (nSPS) is 20.7. The van der Waals surface area contributed by atoms with Crippen LogP contribution >= 0.6 is 0 Å². The molecule has 0 bridgehead atoms. The zero-order valence-electron chi connectivity index (χ0n) is 16.2. The second kappa shape index (κ2) is 7.72. The maximum Gasteiger partial charge on any atom is 0.416 e. The first kappa shape index (κ1) is 22.3. The van der Waals surface area contributed by atoms with Gasteiger partial charge in [-0.25, -0.2) is 0 Å². The van der Waals surface area contributed by atoms with Crippen molar-refractivity contribution in [2.75, 3.05) is 19.4 Å². The molecule has 0 spiro atoms. The number of likely N-dealkylation sites (N-methyl/N-ethyl adjacent to an activating group) is 1. The zero-order chi connectivity index (χ0) is 22.4. The third kappa shape index (κ3) is 4.23. The van der Waals surface area contributed by atoms with Crippen LogP contribution in [0.3, 0.4) is 0 Å². The summed E-state index contributed by atoms with van der Waals surface area (Å²) in [4.78, 5) is 26.3. The highest BCUT2D eigenvalue weighted by Gasteiger charge is 2.38. The van der Waals surface area contributed by atoms with Crippen LogP contribution in [0.5, 0.6) is 0 Å². The Balaban J connectivity index is 2.03. The standard InChI is InChI=1S/C20H20F6N2O2/c1-28(2)14-6-4-3-5-13(14)15-16(18(30)17(15)29)27-12-8-10(19(21,22)23)7-11(9-12)20(24,25)26/h7-9,13-14,27H,3-6H2,1-2H3/t13-,14-/m1/s1. The average molecular weight is 434 g/mol. The molecule has 1 N–H and O–H groups in total. The molecule has 164 valence electrons. The Morgan fingerprint density at radius 3 is 1.90 bits per heavy atom. The highest BCUT2D eigenvalue weighted by atomic mass is 19.4. The number of alkyl halides is 6. The fourth-order valence-corrected chi connectivity index (χ4v) is 4.12. The Morgan fingerprint density at radius 2 is 1.40 bits per heavy atom. The van der Waals surface area contributed by atoms with Crippen LogP contribution in [-0.2, 0) is 12.4 Å². The lowest BCUT2D eigenvalue weighted by Crippen LogP contribution is -2.45. The molecular weight excluding hydrogens is 414 g/mol. The Labute approximate surface area is 168 Å². The first-order valence-corrected chi connectivity index (χ1v) is 9.37. The van der Waals surface area contributed by atoms with Crippen molar-refractivity contribution in [2.24, 2.45) is 0 Å². The molecule has 1 aliphatic carbocycles. The van der Waals surface area contributed by atoms with Gasteiger partial charge in [-0.05, 0) is 45.1 Å². The van der Waals surface area contributed by atoms with Crippen molar-refractivity contribution in [2.45, 2.75) is 50.0 Å². The third-order valence-electron chi connectivity index (χ3n) is 5.57. The molecule has 1 saturated carbocycles. The molecule has 1 fully saturated rings. The van der Waals surface area contributed by atoms with Crippen LogP contribution in [0.25, 0.3) is 0 Å². The van der Waals surface area contributed by atoms with Crippen LogP contribution in [-0.4, -0.2) is 25.0 Å². The minimum absolute atomic E-state index is 0.0113. The van der Waals surface area contributed by atoms with Crippen molar-refractivity contribution in [1.29, 1.82) is 0 Å². The average Bonchev–Trinajstić information content (AvgIpc) is 2.65. The number of nitrogens with one attached hydrogen (secondary N) is 1. The van der Waals surface area contributed by atoms with Gasteiger partial charge in [-0.15, -0.1) is 0 Å². The fraction of sp³-hybridized carbons (Fsp3) is 0.500. The van der Waals surface area contributed by atoms with E-state index in [4.69, 9.17) is 0 Å². The lowest BCUT2D eigenvalue weighted by Gasteiger charge is -2.37. The predicted octanol–water partition coefficient (Wildman–Crippen LogP) is 4.65. The minimum Gasteiger partial charge on any atom is -0.352 e. The molecule has 2 aromatic carbocycles. The second-order valence-electron chi connectivity index (χ2n) is 7.79. The molecule has 0 heterocycles. The van der Waals surface area contributed by atoms with Gasteiger partial charge in [0.15, 0.2) is 0 Å². The molecule has 0 aromatic heterocycles. The SMILES string of the molecule is CN(C)[C@@H]1CCCC[C@H]1c1c(Nc2cc(C(F)(F)F)cc(C(F)(F)F)c2)c(=O)c1=O. The molecule has 0 aliphatic heterocycles. The highest BCUT2D eigenvalue weighted by Crippen LogP contribution is 2.40. The van der Waals surface area contributed by atoms with E-state index in [1.54, 1.807) is 0 Å².